The Morgan fingerprint density at radius 1 is 1.14 bits per heavy atom. The van der Waals surface area contributed by atoms with Crippen molar-refractivity contribution in [2.45, 2.75) is 32.0 Å². The van der Waals surface area contributed by atoms with Crippen molar-refractivity contribution in [3.63, 3.8) is 0 Å². The van der Waals surface area contributed by atoms with E-state index < -0.39 is 18.7 Å². The van der Waals surface area contributed by atoms with E-state index in [1.54, 1.807) is 0 Å². The fraction of sp³-hybridized carbons (Fsp3) is 0.750. The lowest BCUT2D eigenvalue weighted by Gasteiger charge is -2.06. The van der Waals surface area contributed by atoms with Crippen LogP contribution in [0.3, 0.4) is 0 Å². The molecule has 1 saturated heterocycles. The van der Waals surface area contributed by atoms with Crippen molar-refractivity contribution >= 4 is 12.3 Å². The van der Waals surface area contributed by atoms with Gasteiger partial charge in [0.1, 0.15) is 0 Å². The minimum Gasteiger partial charge on any atom is -0.434 e. The largest absolute Gasteiger partial charge is 0.521 e. The maximum atomic E-state index is 12.8. The molecule has 14 heavy (non-hydrogen) atoms. The molecule has 80 valence electrons. The molecule has 6 heteroatoms. The van der Waals surface area contributed by atoms with Crippen molar-refractivity contribution in [1.82, 2.24) is 0 Å². The van der Waals surface area contributed by atoms with Crippen LogP contribution in [0.15, 0.2) is 0 Å². The zero-order valence-electron chi connectivity index (χ0n) is 7.53. The Morgan fingerprint density at radius 3 is 2.71 bits per heavy atom. The maximum absolute atomic E-state index is 12.8. The number of halogens is 1. The fourth-order valence-electron chi connectivity index (χ4n) is 1.02. The molecular weight excluding hydrogens is 195 g/mol. The first-order chi connectivity index (χ1) is 6.68. The van der Waals surface area contributed by atoms with Gasteiger partial charge in [-0.05, 0) is 19.3 Å². The lowest BCUT2D eigenvalue weighted by atomic mass is 10.2. The summed E-state index contributed by atoms with van der Waals surface area (Å²) in [5.41, 5.74) is 0. The Kier molecular flexibility index (Phi) is 4.15. The minimum atomic E-state index is -1.71. The first-order valence-corrected chi connectivity index (χ1v) is 4.38. The van der Waals surface area contributed by atoms with Crippen LogP contribution >= 0.6 is 0 Å². The van der Waals surface area contributed by atoms with E-state index in [0.29, 0.717) is 19.3 Å². The summed E-state index contributed by atoms with van der Waals surface area (Å²) >= 11 is 0. The standard InChI is InChI=1S/C8H11FO5/c9-6-4-2-1-3-5-12-7(10)14-8(11)13-6/h6H,1-5H2. The smallest absolute Gasteiger partial charge is 0.434 e. The van der Waals surface area contributed by atoms with Crippen LogP contribution in [0.4, 0.5) is 14.0 Å². The summed E-state index contributed by atoms with van der Waals surface area (Å²) in [6, 6.07) is 0. The van der Waals surface area contributed by atoms with E-state index in [1.807, 2.05) is 0 Å². The van der Waals surface area contributed by atoms with Gasteiger partial charge in [0.2, 0.25) is 6.36 Å². The van der Waals surface area contributed by atoms with Crippen LogP contribution in [0.25, 0.3) is 0 Å². The Bertz CT molecular complexity index is 218. The van der Waals surface area contributed by atoms with Gasteiger partial charge in [0.25, 0.3) is 0 Å². The van der Waals surface area contributed by atoms with E-state index in [4.69, 9.17) is 0 Å². The van der Waals surface area contributed by atoms with Crippen molar-refractivity contribution in [3.8, 4) is 0 Å². The highest BCUT2D eigenvalue weighted by Crippen LogP contribution is 2.10. The van der Waals surface area contributed by atoms with Crippen LogP contribution in [-0.4, -0.2) is 25.3 Å². The minimum absolute atomic E-state index is 0.114. The van der Waals surface area contributed by atoms with Crippen LogP contribution in [0.5, 0.6) is 0 Å². The van der Waals surface area contributed by atoms with Gasteiger partial charge in [-0.25, -0.2) is 14.0 Å². The van der Waals surface area contributed by atoms with Crippen LogP contribution in [-0.2, 0) is 14.2 Å². The van der Waals surface area contributed by atoms with Crippen molar-refractivity contribution in [3.05, 3.63) is 0 Å². The monoisotopic (exact) mass is 206 g/mol. The second kappa shape index (κ2) is 5.41. The average molecular weight is 206 g/mol. The molecule has 0 aromatic rings. The Balaban J connectivity index is 2.44. The zero-order valence-corrected chi connectivity index (χ0v) is 7.53. The molecule has 5 nitrogen and oxygen atoms in total. The third kappa shape index (κ3) is 4.06. The predicted octanol–water partition coefficient (Wildman–Crippen LogP) is 2.15. The van der Waals surface area contributed by atoms with Gasteiger partial charge in [-0.15, -0.1) is 0 Å². The molecule has 1 rings (SSSR count). The topological polar surface area (TPSA) is 61.8 Å². The molecular formula is C8H11FO5. The number of cyclic esters (lactones) is 4. The normalized spacial score (nSPS) is 25.4. The molecule has 0 radical (unpaired) electrons. The SMILES string of the molecule is O=C1OCCCCCC(F)OC(=O)O1. The number of rotatable bonds is 0. The molecule has 0 saturated carbocycles. The highest BCUT2D eigenvalue weighted by Gasteiger charge is 2.19. The lowest BCUT2D eigenvalue weighted by molar-refractivity contribution is -0.0305. The third-order valence-corrected chi connectivity index (χ3v) is 1.69. The summed E-state index contributed by atoms with van der Waals surface area (Å²) in [6.45, 7) is 0.170. The molecule has 0 N–H and O–H groups in total. The highest BCUT2D eigenvalue weighted by molar-refractivity contribution is 5.76. The van der Waals surface area contributed by atoms with Gasteiger partial charge >= 0.3 is 12.3 Å². The molecule has 0 spiro atoms. The molecule has 1 unspecified atom stereocenters. The second-order valence-electron chi connectivity index (χ2n) is 2.83. The van der Waals surface area contributed by atoms with E-state index in [-0.39, 0.29) is 13.0 Å². The Hall–Kier alpha value is -1.33. The first-order valence-electron chi connectivity index (χ1n) is 4.38. The third-order valence-electron chi connectivity index (χ3n) is 1.69. The molecule has 1 heterocycles. The number of hydrogen-bond donors (Lipinski definition) is 0. The second-order valence-corrected chi connectivity index (χ2v) is 2.83. The number of ether oxygens (including phenoxy) is 3. The summed E-state index contributed by atoms with van der Waals surface area (Å²) in [5, 5.41) is 0. The Morgan fingerprint density at radius 2 is 1.93 bits per heavy atom. The van der Waals surface area contributed by atoms with E-state index in [0.717, 1.165) is 0 Å². The molecule has 0 aromatic heterocycles. The Labute approximate surface area is 80.1 Å². The van der Waals surface area contributed by atoms with Crippen LogP contribution in [0.2, 0.25) is 0 Å². The van der Waals surface area contributed by atoms with Crippen LogP contribution in [0.1, 0.15) is 25.7 Å². The highest BCUT2D eigenvalue weighted by atomic mass is 19.1. The van der Waals surface area contributed by atoms with Gasteiger partial charge < -0.3 is 14.2 Å². The number of hydrogen-bond acceptors (Lipinski definition) is 5. The molecule has 0 amide bonds. The quantitative estimate of drug-likeness (QED) is 0.449. The van der Waals surface area contributed by atoms with Gasteiger partial charge in [0.15, 0.2) is 0 Å². The molecule has 1 fully saturated rings. The first kappa shape index (κ1) is 10.7. The van der Waals surface area contributed by atoms with Gasteiger partial charge in [-0.3, -0.25) is 0 Å². The zero-order chi connectivity index (χ0) is 10.4. The summed E-state index contributed by atoms with van der Waals surface area (Å²) < 4.78 is 25.4. The van der Waals surface area contributed by atoms with Crippen molar-refractivity contribution < 1.29 is 28.2 Å². The summed E-state index contributed by atoms with van der Waals surface area (Å²) in [6.07, 6.45) is -2.20. The fourth-order valence-corrected chi connectivity index (χ4v) is 1.02. The van der Waals surface area contributed by atoms with E-state index in [2.05, 4.69) is 14.2 Å². The van der Waals surface area contributed by atoms with E-state index >= 15 is 0 Å². The average Bonchev–Trinajstić information content (AvgIpc) is 2.11. The van der Waals surface area contributed by atoms with Crippen LogP contribution in [0, 0.1) is 0 Å². The van der Waals surface area contributed by atoms with Crippen LogP contribution < -0.4 is 0 Å². The molecule has 1 aliphatic rings. The number of carbonyl (C=O) groups is 2. The number of alkyl halides is 1. The van der Waals surface area contributed by atoms with Gasteiger partial charge in [-0.1, -0.05) is 0 Å². The molecule has 0 bridgehead atoms. The summed E-state index contributed by atoms with van der Waals surface area (Å²) in [7, 11) is 0. The van der Waals surface area contributed by atoms with Crippen molar-refractivity contribution in [2.75, 3.05) is 6.61 Å². The van der Waals surface area contributed by atoms with E-state index in [1.165, 1.54) is 0 Å². The predicted molar refractivity (Wildman–Crippen MR) is 42.3 cm³/mol. The molecule has 0 aromatic carbocycles. The lowest BCUT2D eigenvalue weighted by Crippen LogP contribution is -2.18. The summed E-state index contributed by atoms with van der Waals surface area (Å²) in [5.74, 6) is 0. The number of carbonyl (C=O) groups excluding carboxylic acids is 2. The summed E-state index contributed by atoms with van der Waals surface area (Å²) in [4.78, 5) is 21.3. The molecule has 0 aliphatic carbocycles. The van der Waals surface area contributed by atoms with E-state index in [9.17, 15) is 14.0 Å². The molecule has 1 aliphatic heterocycles. The van der Waals surface area contributed by atoms with Crippen molar-refractivity contribution in [2.24, 2.45) is 0 Å². The maximum Gasteiger partial charge on any atom is 0.521 e. The molecule has 1 atom stereocenters. The van der Waals surface area contributed by atoms with Gasteiger partial charge in [0.05, 0.1) is 6.61 Å². The van der Waals surface area contributed by atoms with Crippen molar-refractivity contribution in [1.29, 1.82) is 0 Å². The van der Waals surface area contributed by atoms with Gasteiger partial charge in [0, 0.05) is 6.42 Å². The van der Waals surface area contributed by atoms with Gasteiger partial charge in [-0.2, -0.15) is 0 Å².